The molecular formula is C14H17BrFNO3. The molecule has 110 valence electrons. The summed E-state index contributed by atoms with van der Waals surface area (Å²) in [6.45, 7) is 2.59. The van der Waals surface area contributed by atoms with Crippen LogP contribution < -0.4 is 0 Å². The van der Waals surface area contributed by atoms with Gasteiger partial charge < -0.3 is 9.47 Å². The lowest BCUT2D eigenvalue weighted by molar-refractivity contribution is -0.145. The highest BCUT2D eigenvalue weighted by molar-refractivity contribution is 9.10. The first-order chi connectivity index (χ1) is 9.58. The van der Waals surface area contributed by atoms with E-state index >= 15 is 0 Å². The van der Waals surface area contributed by atoms with E-state index in [0.29, 0.717) is 19.7 Å². The smallest absolute Gasteiger partial charge is 0.308 e. The second-order valence-electron chi connectivity index (χ2n) is 4.74. The maximum Gasteiger partial charge on any atom is 0.308 e. The van der Waals surface area contributed by atoms with E-state index in [-0.39, 0.29) is 24.3 Å². The van der Waals surface area contributed by atoms with E-state index in [2.05, 4.69) is 25.6 Å². The lowest BCUT2D eigenvalue weighted by atomic mass is 10.1. The molecule has 1 heterocycles. The third-order valence-corrected chi connectivity index (χ3v) is 4.02. The molecular weight excluding hydrogens is 329 g/mol. The Morgan fingerprint density at radius 3 is 3.15 bits per heavy atom. The van der Waals surface area contributed by atoms with Crippen LogP contribution in [-0.2, 0) is 20.8 Å². The standard InChI is InChI=1S/C14H17BrFNO3/c1-19-14(18)7-12-9-17(4-5-20-12)8-10-6-11(16)2-3-13(10)15/h2-3,6,12H,4-5,7-9H2,1H3. The van der Waals surface area contributed by atoms with E-state index < -0.39 is 0 Å². The summed E-state index contributed by atoms with van der Waals surface area (Å²) in [4.78, 5) is 13.4. The van der Waals surface area contributed by atoms with Gasteiger partial charge in [0.25, 0.3) is 0 Å². The summed E-state index contributed by atoms with van der Waals surface area (Å²) in [6.07, 6.45) is 0.0839. The van der Waals surface area contributed by atoms with E-state index in [1.165, 1.54) is 19.2 Å². The number of benzene rings is 1. The molecule has 0 bridgehead atoms. The molecule has 1 aliphatic rings. The summed E-state index contributed by atoms with van der Waals surface area (Å²) in [5.41, 5.74) is 0.892. The van der Waals surface area contributed by atoms with Gasteiger partial charge in [0.2, 0.25) is 0 Å². The van der Waals surface area contributed by atoms with Crippen LogP contribution in [0.4, 0.5) is 4.39 Å². The molecule has 0 saturated carbocycles. The molecule has 6 heteroatoms. The predicted octanol–water partition coefficient (Wildman–Crippen LogP) is 2.35. The Bertz CT molecular complexity index is 483. The molecule has 0 N–H and O–H groups in total. The van der Waals surface area contributed by atoms with Crippen LogP contribution in [0.5, 0.6) is 0 Å². The third-order valence-electron chi connectivity index (χ3n) is 3.25. The van der Waals surface area contributed by atoms with Crippen molar-refractivity contribution in [2.75, 3.05) is 26.8 Å². The monoisotopic (exact) mass is 345 g/mol. The van der Waals surface area contributed by atoms with Crippen molar-refractivity contribution in [3.63, 3.8) is 0 Å². The Morgan fingerprint density at radius 1 is 1.60 bits per heavy atom. The largest absolute Gasteiger partial charge is 0.469 e. The Labute approximate surface area is 126 Å². The molecule has 0 amide bonds. The van der Waals surface area contributed by atoms with Crippen molar-refractivity contribution >= 4 is 21.9 Å². The molecule has 1 unspecified atom stereocenters. The molecule has 1 fully saturated rings. The first-order valence-corrected chi connectivity index (χ1v) is 7.22. The first kappa shape index (κ1) is 15.4. The zero-order valence-electron chi connectivity index (χ0n) is 11.3. The van der Waals surface area contributed by atoms with Gasteiger partial charge in [-0.2, -0.15) is 0 Å². The molecule has 1 aromatic carbocycles. The molecule has 0 aromatic heterocycles. The molecule has 4 nitrogen and oxygen atoms in total. The molecule has 0 aliphatic carbocycles. The van der Waals surface area contributed by atoms with Crippen molar-refractivity contribution in [1.82, 2.24) is 4.90 Å². The lowest BCUT2D eigenvalue weighted by Crippen LogP contribution is -2.42. The fraction of sp³-hybridized carbons (Fsp3) is 0.500. The van der Waals surface area contributed by atoms with Crippen molar-refractivity contribution in [2.45, 2.75) is 19.1 Å². The summed E-state index contributed by atoms with van der Waals surface area (Å²) in [5.74, 6) is -0.522. The molecule has 2 rings (SSSR count). The van der Waals surface area contributed by atoms with Gasteiger partial charge in [0.15, 0.2) is 0 Å². The van der Waals surface area contributed by atoms with Crippen molar-refractivity contribution in [2.24, 2.45) is 0 Å². The van der Waals surface area contributed by atoms with Crippen LogP contribution in [0.2, 0.25) is 0 Å². The van der Waals surface area contributed by atoms with Crippen molar-refractivity contribution in [3.8, 4) is 0 Å². The molecule has 1 aliphatic heterocycles. The van der Waals surface area contributed by atoms with Crippen LogP contribution in [0, 0.1) is 5.82 Å². The van der Waals surface area contributed by atoms with Crippen molar-refractivity contribution in [1.29, 1.82) is 0 Å². The minimum atomic E-state index is -0.274. The molecule has 1 aromatic rings. The zero-order valence-corrected chi connectivity index (χ0v) is 12.9. The number of methoxy groups -OCH3 is 1. The van der Waals surface area contributed by atoms with Crippen LogP contribution in [0.15, 0.2) is 22.7 Å². The van der Waals surface area contributed by atoms with Gasteiger partial charge in [0, 0.05) is 24.1 Å². The fourth-order valence-corrected chi connectivity index (χ4v) is 2.59. The Morgan fingerprint density at radius 2 is 2.40 bits per heavy atom. The maximum absolute atomic E-state index is 13.3. The highest BCUT2D eigenvalue weighted by Gasteiger charge is 2.23. The van der Waals surface area contributed by atoms with Gasteiger partial charge in [-0.25, -0.2) is 4.39 Å². The Balaban J connectivity index is 1.95. The summed E-state index contributed by atoms with van der Waals surface area (Å²) in [7, 11) is 1.37. The number of rotatable bonds is 4. The number of morpholine rings is 1. The highest BCUT2D eigenvalue weighted by atomic mass is 79.9. The lowest BCUT2D eigenvalue weighted by Gasteiger charge is -2.32. The summed E-state index contributed by atoms with van der Waals surface area (Å²) in [6, 6.07) is 4.65. The second-order valence-corrected chi connectivity index (χ2v) is 5.60. The van der Waals surface area contributed by atoms with Crippen LogP contribution >= 0.6 is 15.9 Å². The van der Waals surface area contributed by atoms with Crippen LogP contribution in [0.1, 0.15) is 12.0 Å². The van der Waals surface area contributed by atoms with Crippen LogP contribution in [0.3, 0.4) is 0 Å². The van der Waals surface area contributed by atoms with Crippen molar-refractivity contribution < 1.29 is 18.7 Å². The highest BCUT2D eigenvalue weighted by Crippen LogP contribution is 2.21. The third kappa shape index (κ3) is 4.26. The van der Waals surface area contributed by atoms with E-state index in [0.717, 1.165) is 16.6 Å². The summed E-state index contributed by atoms with van der Waals surface area (Å²) in [5, 5.41) is 0. The van der Waals surface area contributed by atoms with Crippen LogP contribution in [0.25, 0.3) is 0 Å². The van der Waals surface area contributed by atoms with Gasteiger partial charge in [-0.05, 0) is 23.8 Å². The van der Waals surface area contributed by atoms with Gasteiger partial charge >= 0.3 is 5.97 Å². The van der Waals surface area contributed by atoms with E-state index in [4.69, 9.17) is 4.74 Å². The molecule has 0 spiro atoms. The normalized spacial score (nSPS) is 19.9. The Hall–Kier alpha value is -0.980. The number of nitrogens with zero attached hydrogens (tertiary/aromatic N) is 1. The van der Waals surface area contributed by atoms with Crippen LogP contribution in [-0.4, -0.2) is 43.8 Å². The zero-order chi connectivity index (χ0) is 14.5. The van der Waals surface area contributed by atoms with Gasteiger partial charge in [0.05, 0.1) is 26.2 Å². The summed E-state index contributed by atoms with van der Waals surface area (Å²) < 4.78 is 24.3. The fourth-order valence-electron chi connectivity index (χ4n) is 2.22. The first-order valence-electron chi connectivity index (χ1n) is 6.43. The van der Waals surface area contributed by atoms with Gasteiger partial charge in [-0.1, -0.05) is 15.9 Å². The van der Waals surface area contributed by atoms with Gasteiger partial charge in [-0.15, -0.1) is 0 Å². The molecule has 1 saturated heterocycles. The van der Waals surface area contributed by atoms with E-state index in [1.54, 1.807) is 6.07 Å². The number of esters is 1. The number of carbonyl (C=O) groups excluding carboxylic acids is 1. The quantitative estimate of drug-likeness (QED) is 0.785. The average Bonchev–Trinajstić information content (AvgIpc) is 2.43. The minimum absolute atomic E-state index is 0.163. The maximum atomic E-state index is 13.3. The number of hydrogen-bond donors (Lipinski definition) is 0. The molecule has 20 heavy (non-hydrogen) atoms. The van der Waals surface area contributed by atoms with E-state index in [1.807, 2.05) is 0 Å². The second kappa shape index (κ2) is 7.15. The van der Waals surface area contributed by atoms with Crippen molar-refractivity contribution in [3.05, 3.63) is 34.1 Å². The number of ether oxygens (including phenoxy) is 2. The Kier molecular flexibility index (Phi) is 5.51. The summed E-state index contributed by atoms with van der Waals surface area (Å²) >= 11 is 3.43. The minimum Gasteiger partial charge on any atom is -0.469 e. The molecule has 1 atom stereocenters. The SMILES string of the molecule is COC(=O)CC1CN(Cc2cc(F)ccc2Br)CCO1. The average molecular weight is 346 g/mol. The predicted molar refractivity (Wildman–Crippen MR) is 75.8 cm³/mol. The molecule has 0 radical (unpaired) electrons. The topological polar surface area (TPSA) is 38.8 Å². The van der Waals surface area contributed by atoms with Gasteiger partial charge in [0.1, 0.15) is 5.82 Å². The van der Waals surface area contributed by atoms with E-state index in [9.17, 15) is 9.18 Å². The van der Waals surface area contributed by atoms with Gasteiger partial charge in [-0.3, -0.25) is 9.69 Å². The number of carbonyl (C=O) groups is 1. The number of hydrogen-bond acceptors (Lipinski definition) is 4. The number of halogens is 2.